The van der Waals surface area contributed by atoms with Crippen molar-refractivity contribution in [2.45, 2.75) is 51.5 Å². The number of nitrogens with one attached hydrogen (secondary N) is 1. The number of thiophene rings is 1. The van der Waals surface area contributed by atoms with Crippen LogP contribution in [0.15, 0.2) is 9.32 Å². The zero-order valence-electron chi connectivity index (χ0n) is 14.1. The Kier molecular flexibility index (Phi) is 4.70. The van der Waals surface area contributed by atoms with E-state index in [0.29, 0.717) is 35.8 Å². The molecule has 0 unspecified atom stereocenters. The molecule has 4 rings (SSSR count). The Balaban J connectivity index is 0.00000182. The molecule has 0 amide bonds. The summed E-state index contributed by atoms with van der Waals surface area (Å²) in [6, 6.07) is 0. The fraction of sp³-hybridized carbons (Fsp3) is 0.500. The van der Waals surface area contributed by atoms with E-state index in [1.165, 1.54) is 0 Å². The number of aromatic nitrogens is 4. The Morgan fingerprint density at radius 1 is 1.28 bits per heavy atom. The van der Waals surface area contributed by atoms with Crippen molar-refractivity contribution in [2.75, 3.05) is 0 Å². The molecule has 0 aliphatic heterocycles. The summed E-state index contributed by atoms with van der Waals surface area (Å²) in [5.74, 6) is 1.76. The molecule has 0 atom stereocenters. The zero-order valence-corrected chi connectivity index (χ0v) is 15.7. The lowest BCUT2D eigenvalue weighted by Crippen LogP contribution is -2.44. The summed E-state index contributed by atoms with van der Waals surface area (Å²) >= 11 is 1.55. The van der Waals surface area contributed by atoms with E-state index >= 15 is 0 Å². The number of aryl methyl sites for hydroxylation is 4. The van der Waals surface area contributed by atoms with Crippen LogP contribution in [-0.2, 0) is 18.4 Å². The van der Waals surface area contributed by atoms with Gasteiger partial charge in [-0.1, -0.05) is 5.16 Å². The minimum absolute atomic E-state index is 0. The molecule has 3 aromatic heterocycles. The highest BCUT2D eigenvalue weighted by Crippen LogP contribution is 2.36. The molecule has 9 heteroatoms. The quantitative estimate of drug-likeness (QED) is 0.718. The molecule has 3 aromatic rings. The van der Waals surface area contributed by atoms with Crippen LogP contribution in [-0.4, -0.2) is 20.1 Å². The summed E-state index contributed by atoms with van der Waals surface area (Å²) in [7, 11) is 0. The van der Waals surface area contributed by atoms with Crippen molar-refractivity contribution in [3.8, 4) is 0 Å². The van der Waals surface area contributed by atoms with E-state index in [1.54, 1.807) is 11.3 Å². The summed E-state index contributed by atoms with van der Waals surface area (Å²) < 4.78 is 5.29. The largest absolute Gasteiger partial charge is 0.339 e. The third-order valence-corrected chi connectivity index (χ3v) is 5.92. The number of hydrogen-bond acceptors (Lipinski definition) is 7. The van der Waals surface area contributed by atoms with E-state index in [0.717, 1.165) is 34.5 Å². The van der Waals surface area contributed by atoms with Gasteiger partial charge in [-0.3, -0.25) is 4.79 Å². The lowest BCUT2D eigenvalue weighted by molar-refractivity contribution is 0.229. The maximum atomic E-state index is 12.3. The van der Waals surface area contributed by atoms with Crippen molar-refractivity contribution in [1.82, 2.24) is 20.1 Å². The highest BCUT2D eigenvalue weighted by Gasteiger charge is 2.38. The number of nitrogens with zero attached hydrogens (tertiary/aromatic N) is 3. The van der Waals surface area contributed by atoms with Gasteiger partial charge in [-0.05, 0) is 38.7 Å². The van der Waals surface area contributed by atoms with Gasteiger partial charge in [0.15, 0.2) is 5.82 Å². The predicted octanol–water partition coefficient (Wildman–Crippen LogP) is 2.53. The van der Waals surface area contributed by atoms with E-state index in [2.05, 4.69) is 20.1 Å². The fourth-order valence-electron chi connectivity index (χ4n) is 2.98. The molecule has 0 radical (unpaired) electrons. The van der Waals surface area contributed by atoms with E-state index < -0.39 is 5.54 Å². The Morgan fingerprint density at radius 3 is 2.72 bits per heavy atom. The molecule has 7 nitrogen and oxygen atoms in total. The van der Waals surface area contributed by atoms with Gasteiger partial charge in [0.25, 0.3) is 5.56 Å². The van der Waals surface area contributed by atoms with Crippen molar-refractivity contribution in [2.24, 2.45) is 5.73 Å². The number of H-pyrrole nitrogens is 1. The lowest BCUT2D eigenvalue weighted by atomic mass is 9.77. The normalized spacial score (nSPS) is 15.8. The topological polar surface area (TPSA) is 111 Å². The van der Waals surface area contributed by atoms with Crippen molar-refractivity contribution in [3.63, 3.8) is 0 Å². The second kappa shape index (κ2) is 6.51. The molecule has 1 saturated carbocycles. The predicted molar refractivity (Wildman–Crippen MR) is 98.4 cm³/mol. The van der Waals surface area contributed by atoms with Gasteiger partial charge in [-0.25, -0.2) is 4.98 Å². The second-order valence-electron chi connectivity index (χ2n) is 6.50. The molecule has 0 saturated heterocycles. The molecule has 3 N–H and O–H groups in total. The van der Waals surface area contributed by atoms with Crippen LogP contribution in [0.2, 0.25) is 0 Å². The first-order valence-corrected chi connectivity index (χ1v) is 8.89. The van der Waals surface area contributed by atoms with E-state index in [-0.39, 0.29) is 18.0 Å². The van der Waals surface area contributed by atoms with Crippen LogP contribution >= 0.6 is 23.7 Å². The number of rotatable bonds is 4. The Labute approximate surface area is 154 Å². The minimum atomic E-state index is -0.417. The Bertz CT molecular complexity index is 973. The number of nitrogens with two attached hydrogens (primary N) is 1. The van der Waals surface area contributed by atoms with Crippen LogP contribution in [0.1, 0.15) is 47.2 Å². The van der Waals surface area contributed by atoms with E-state index in [9.17, 15) is 4.79 Å². The van der Waals surface area contributed by atoms with Crippen LogP contribution < -0.4 is 11.3 Å². The monoisotopic (exact) mass is 381 g/mol. The number of fused-ring (bicyclic) bond motifs is 1. The third kappa shape index (κ3) is 3.09. The highest BCUT2D eigenvalue weighted by molar-refractivity contribution is 7.18. The van der Waals surface area contributed by atoms with Crippen molar-refractivity contribution >= 4 is 34.0 Å². The van der Waals surface area contributed by atoms with Gasteiger partial charge in [-0.2, -0.15) is 4.98 Å². The molecule has 0 bridgehead atoms. The van der Waals surface area contributed by atoms with Crippen molar-refractivity contribution in [3.05, 3.63) is 38.3 Å². The minimum Gasteiger partial charge on any atom is -0.339 e. The maximum absolute atomic E-state index is 12.3. The summed E-state index contributed by atoms with van der Waals surface area (Å²) in [6.07, 6.45) is 3.97. The van der Waals surface area contributed by atoms with Crippen LogP contribution in [0, 0.1) is 13.8 Å². The lowest BCUT2D eigenvalue weighted by Gasteiger charge is -2.34. The van der Waals surface area contributed by atoms with E-state index in [4.69, 9.17) is 10.3 Å². The van der Waals surface area contributed by atoms with Gasteiger partial charge in [0.2, 0.25) is 5.89 Å². The van der Waals surface area contributed by atoms with Crippen LogP contribution in [0.3, 0.4) is 0 Å². The first kappa shape index (κ1) is 18.0. The average molecular weight is 382 g/mol. The maximum Gasteiger partial charge on any atom is 0.259 e. The van der Waals surface area contributed by atoms with Gasteiger partial charge < -0.3 is 15.2 Å². The van der Waals surface area contributed by atoms with Gasteiger partial charge in [0, 0.05) is 17.7 Å². The van der Waals surface area contributed by atoms with Gasteiger partial charge in [-0.15, -0.1) is 23.7 Å². The summed E-state index contributed by atoms with van der Waals surface area (Å²) in [5.41, 5.74) is 6.70. The van der Waals surface area contributed by atoms with Crippen LogP contribution in [0.5, 0.6) is 0 Å². The van der Waals surface area contributed by atoms with Crippen molar-refractivity contribution in [1.29, 1.82) is 0 Å². The van der Waals surface area contributed by atoms with Gasteiger partial charge >= 0.3 is 0 Å². The third-order valence-electron chi connectivity index (χ3n) is 4.82. The smallest absolute Gasteiger partial charge is 0.259 e. The van der Waals surface area contributed by atoms with Crippen LogP contribution in [0.4, 0.5) is 0 Å². The molecular formula is C16H20ClN5O2S. The molecule has 25 heavy (non-hydrogen) atoms. The molecule has 0 aromatic carbocycles. The summed E-state index contributed by atoms with van der Waals surface area (Å²) in [5, 5.41) is 4.69. The second-order valence-corrected chi connectivity index (χ2v) is 7.70. The molecular weight excluding hydrogens is 362 g/mol. The van der Waals surface area contributed by atoms with Crippen molar-refractivity contribution < 1.29 is 4.52 Å². The molecule has 3 heterocycles. The first-order valence-electron chi connectivity index (χ1n) is 8.07. The van der Waals surface area contributed by atoms with Crippen LogP contribution in [0.25, 0.3) is 10.2 Å². The molecule has 0 spiro atoms. The highest BCUT2D eigenvalue weighted by atomic mass is 35.5. The number of hydrogen-bond donors (Lipinski definition) is 2. The summed E-state index contributed by atoms with van der Waals surface area (Å²) in [6.45, 7) is 3.96. The Morgan fingerprint density at radius 2 is 2.04 bits per heavy atom. The molecule has 134 valence electrons. The average Bonchev–Trinajstić information content (AvgIpc) is 3.09. The van der Waals surface area contributed by atoms with E-state index in [1.807, 2.05) is 13.8 Å². The number of aromatic amines is 1. The van der Waals surface area contributed by atoms with Gasteiger partial charge in [0.1, 0.15) is 10.7 Å². The zero-order chi connectivity index (χ0) is 16.9. The molecule has 1 aliphatic carbocycles. The van der Waals surface area contributed by atoms with Gasteiger partial charge in [0.05, 0.1) is 10.9 Å². The Hall–Kier alpha value is -1.77. The SMILES string of the molecule is Cc1sc2nc(CCc3nc(C4(N)CCC4)no3)[nH]c(=O)c2c1C.Cl. The molecule has 1 aliphatic rings. The standard InChI is InChI=1S/C16H19N5O2S.ClH/c1-8-9(2)24-14-12(8)13(22)18-10(19-14)4-5-11-20-15(21-23-11)16(17)6-3-7-16;/h3-7,17H2,1-2H3,(H,18,19,22);1H. The fourth-order valence-corrected chi connectivity index (χ4v) is 4.03. The molecule has 1 fully saturated rings. The first-order chi connectivity index (χ1) is 11.5. The summed E-state index contributed by atoms with van der Waals surface area (Å²) in [4.78, 5) is 26.0. The number of halogens is 1.